The van der Waals surface area contributed by atoms with Crippen molar-refractivity contribution in [2.45, 2.75) is 26.7 Å². The molecule has 1 aromatic heterocycles. The maximum absolute atomic E-state index is 4.82. The van der Waals surface area contributed by atoms with Crippen LogP contribution in [0, 0.1) is 6.92 Å². The predicted molar refractivity (Wildman–Crippen MR) is 96.0 cm³/mol. The summed E-state index contributed by atoms with van der Waals surface area (Å²) in [4.78, 5) is 6.17. The summed E-state index contributed by atoms with van der Waals surface area (Å²) in [5.74, 6) is 0. The highest BCUT2D eigenvalue weighted by atomic mass is 32.1. The number of benzene rings is 2. The van der Waals surface area contributed by atoms with Gasteiger partial charge in [0.1, 0.15) is 0 Å². The fourth-order valence-electron chi connectivity index (χ4n) is 2.38. The lowest BCUT2D eigenvalue weighted by Gasteiger charge is -2.02. The Balaban J connectivity index is 1.91. The standard InChI is InChI=1S/C19H20N2S/c1-3-7-17-18(15-8-5-4-6-9-15)21-19(22-17)20-16-12-10-14(2)11-13-16/h4-6,8-13H,3,7H2,1-2H3,(H,20,21). The first-order valence-corrected chi connectivity index (χ1v) is 8.46. The van der Waals surface area contributed by atoms with Crippen LogP contribution >= 0.6 is 11.3 Å². The maximum Gasteiger partial charge on any atom is 0.187 e. The van der Waals surface area contributed by atoms with Crippen LogP contribution in [0.15, 0.2) is 54.6 Å². The largest absolute Gasteiger partial charge is 0.332 e. The van der Waals surface area contributed by atoms with Gasteiger partial charge in [-0.2, -0.15) is 0 Å². The van der Waals surface area contributed by atoms with Gasteiger partial charge in [-0.25, -0.2) is 4.98 Å². The van der Waals surface area contributed by atoms with Gasteiger partial charge < -0.3 is 5.32 Å². The molecule has 3 heteroatoms. The highest BCUT2D eigenvalue weighted by Crippen LogP contribution is 2.33. The van der Waals surface area contributed by atoms with Gasteiger partial charge in [0, 0.05) is 16.1 Å². The van der Waals surface area contributed by atoms with E-state index in [1.165, 1.54) is 16.0 Å². The third-order valence-electron chi connectivity index (χ3n) is 3.52. The lowest BCUT2D eigenvalue weighted by atomic mass is 10.1. The number of anilines is 2. The van der Waals surface area contributed by atoms with Crippen molar-refractivity contribution >= 4 is 22.2 Å². The molecule has 22 heavy (non-hydrogen) atoms. The summed E-state index contributed by atoms with van der Waals surface area (Å²) in [6, 6.07) is 18.8. The molecule has 0 fully saturated rings. The summed E-state index contributed by atoms with van der Waals surface area (Å²) in [5, 5.41) is 4.39. The van der Waals surface area contributed by atoms with Crippen molar-refractivity contribution in [3.8, 4) is 11.3 Å². The summed E-state index contributed by atoms with van der Waals surface area (Å²) >= 11 is 1.76. The molecule has 0 aliphatic rings. The van der Waals surface area contributed by atoms with E-state index in [1.807, 2.05) is 6.07 Å². The van der Waals surface area contributed by atoms with Gasteiger partial charge in [-0.05, 0) is 25.5 Å². The van der Waals surface area contributed by atoms with E-state index in [9.17, 15) is 0 Å². The Morgan fingerprint density at radius 1 is 1.00 bits per heavy atom. The van der Waals surface area contributed by atoms with Crippen LogP contribution in [-0.2, 0) is 6.42 Å². The van der Waals surface area contributed by atoms with Crippen molar-refractivity contribution in [2.24, 2.45) is 0 Å². The molecule has 0 amide bonds. The number of rotatable bonds is 5. The molecule has 0 radical (unpaired) electrons. The second-order valence-corrected chi connectivity index (χ2v) is 6.48. The van der Waals surface area contributed by atoms with Gasteiger partial charge in [-0.1, -0.05) is 61.4 Å². The molecule has 0 spiro atoms. The van der Waals surface area contributed by atoms with Crippen molar-refractivity contribution in [1.29, 1.82) is 0 Å². The smallest absolute Gasteiger partial charge is 0.187 e. The number of thiazole rings is 1. The van der Waals surface area contributed by atoms with Crippen LogP contribution in [0.2, 0.25) is 0 Å². The van der Waals surface area contributed by atoms with Crippen LogP contribution in [-0.4, -0.2) is 4.98 Å². The number of nitrogens with zero attached hydrogens (tertiary/aromatic N) is 1. The zero-order valence-electron chi connectivity index (χ0n) is 13.0. The number of aromatic nitrogens is 1. The lowest BCUT2D eigenvalue weighted by Crippen LogP contribution is -1.89. The first kappa shape index (κ1) is 14.8. The van der Waals surface area contributed by atoms with Gasteiger partial charge in [0.15, 0.2) is 5.13 Å². The molecule has 1 N–H and O–H groups in total. The van der Waals surface area contributed by atoms with Gasteiger partial charge in [-0.15, -0.1) is 11.3 Å². The molecule has 1 heterocycles. The average molecular weight is 308 g/mol. The van der Waals surface area contributed by atoms with E-state index in [4.69, 9.17) is 4.98 Å². The van der Waals surface area contributed by atoms with Crippen LogP contribution in [0.5, 0.6) is 0 Å². The van der Waals surface area contributed by atoms with Crippen molar-refractivity contribution in [3.05, 3.63) is 65.0 Å². The minimum Gasteiger partial charge on any atom is -0.332 e. The van der Waals surface area contributed by atoms with Crippen LogP contribution in [0.1, 0.15) is 23.8 Å². The van der Waals surface area contributed by atoms with Gasteiger partial charge >= 0.3 is 0 Å². The molecule has 0 aliphatic carbocycles. The van der Waals surface area contributed by atoms with Gasteiger partial charge in [0.05, 0.1) is 5.69 Å². The summed E-state index contributed by atoms with van der Waals surface area (Å²) in [5.41, 5.74) is 4.66. The second-order valence-electron chi connectivity index (χ2n) is 5.40. The quantitative estimate of drug-likeness (QED) is 0.643. The normalized spacial score (nSPS) is 10.6. The zero-order chi connectivity index (χ0) is 15.4. The molecule has 0 saturated carbocycles. The van der Waals surface area contributed by atoms with E-state index >= 15 is 0 Å². The molecule has 0 unspecified atom stereocenters. The molecule has 3 rings (SSSR count). The summed E-state index contributed by atoms with van der Waals surface area (Å²) in [6.07, 6.45) is 2.20. The Bertz CT molecular complexity index is 730. The number of hydrogen-bond donors (Lipinski definition) is 1. The van der Waals surface area contributed by atoms with Crippen LogP contribution in [0.4, 0.5) is 10.8 Å². The van der Waals surface area contributed by atoms with Crippen molar-refractivity contribution < 1.29 is 0 Å². The molecular weight excluding hydrogens is 288 g/mol. The Morgan fingerprint density at radius 3 is 2.41 bits per heavy atom. The molecule has 2 nitrogen and oxygen atoms in total. The first-order chi connectivity index (χ1) is 10.8. The van der Waals surface area contributed by atoms with Crippen molar-refractivity contribution in [2.75, 3.05) is 5.32 Å². The molecule has 3 aromatic rings. The third kappa shape index (κ3) is 3.37. The number of hydrogen-bond acceptors (Lipinski definition) is 3. The number of aryl methyl sites for hydroxylation is 2. The van der Waals surface area contributed by atoms with E-state index in [2.05, 4.69) is 67.7 Å². The average Bonchev–Trinajstić information content (AvgIpc) is 2.93. The maximum atomic E-state index is 4.82. The predicted octanol–water partition coefficient (Wildman–Crippen LogP) is 5.81. The molecule has 0 bridgehead atoms. The molecule has 2 aromatic carbocycles. The minimum absolute atomic E-state index is 0.964. The van der Waals surface area contributed by atoms with Gasteiger partial charge in [-0.3, -0.25) is 0 Å². The highest BCUT2D eigenvalue weighted by Gasteiger charge is 2.12. The van der Waals surface area contributed by atoms with Gasteiger partial charge in [0.2, 0.25) is 0 Å². The monoisotopic (exact) mass is 308 g/mol. The second kappa shape index (κ2) is 6.75. The third-order valence-corrected chi connectivity index (χ3v) is 4.56. The van der Waals surface area contributed by atoms with E-state index in [0.29, 0.717) is 0 Å². The minimum atomic E-state index is 0.964. The zero-order valence-corrected chi connectivity index (χ0v) is 13.8. The molecular formula is C19H20N2S. The lowest BCUT2D eigenvalue weighted by molar-refractivity contribution is 0.938. The van der Waals surface area contributed by atoms with Crippen LogP contribution in [0.3, 0.4) is 0 Å². The fourth-order valence-corrected chi connectivity index (χ4v) is 3.49. The van der Waals surface area contributed by atoms with Crippen LogP contribution in [0.25, 0.3) is 11.3 Å². The van der Waals surface area contributed by atoms with Gasteiger partial charge in [0.25, 0.3) is 0 Å². The van der Waals surface area contributed by atoms with E-state index < -0.39 is 0 Å². The Kier molecular flexibility index (Phi) is 4.54. The van der Waals surface area contributed by atoms with E-state index in [-0.39, 0.29) is 0 Å². The first-order valence-electron chi connectivity index (χ1n) is 7.65. The van der Waals surface area contributed by atoms with E-state index in [0.717, 1.165) is 29.4 Å². The molecule has 0 aliphatic heterocycles. The Morgan fingerprint density at radius 2 is 1.73 bits per heavy atom. The Labute approximate surface area is 135 Å². The SMILES string of the molecule is CCCc1sc(Nc2ccc(C)cc2)nc1-c1ccccc1. The topological polar surface area (TPSA) is 24.9 Å². The fraction of sp³-hybridized carbons (Fsp3) is 0.211. The summed E-state index contributed by atoms with van der Waals surface area (Å²) in [6.45, 7) is 4.31. The van der Waals surface area contributed by atoms with E-state index in [1.54, 1.807) is 11.3 Å². The van der Waals surface area contributed by atoms with Crippen molar-refractivity contribution in [1.82, 2.24) is 4.98 Å². The highest BCUT2D eigenvalue weighted by molar-refractivity contribution is 7.16. The summed E-state index contributed by atoms with van der Waals surface area (Å²) in [7, 11) is 0. The van der Waals surface area contributed by atoms with Crippen LogP contribution < -0.4 is 5.32 Å². The molecule has 0 atom stereocenters. The molecule has 112 valence electrons. The number of nitrogens with one attached hydrogen (secondary N) is 1. The Hall–Kier alpha value is -2.13. The molecule has 0 saturated heterocycles. The van der Waals surface area contributed by atoms with Crippen molar-refractivity contribution in [3.63, 3.8) is 0 Å². The summed E-state index contributed by atoms with van der Waals surface area (Å²) < 4.78 is 0.